The first-order valence-corrected chi connectivity index (χ1v) is 6.91. The molecule has 0 unspecified atom stereocenters. The summed E-state index contributed by atoms with van der Waals surface area (Å²) in [6.07, 6.45) is 1.82. The molecule has 0 amide bonds. The van der Waals surface area contributed by atoms with Crippen LogP contribution >= 0.6 is 11.8 Å². The van der Waals surface area contributed by atoms with Gasteiger partial charge < -0.3 is 9.40 Å². The molecule has 0 saturated heterocycles. The van der Waals surface area contributed by atoms with Crippen LogP contribution in [0.1, 0.15) is 11.3 Å². The van der Waals surface area contributed by atoms with Gasteiger partial charge in [-0.05, 0) is 25.3 Å². The fraction of sp³-hybridized carbons (Fsp3) is 0.143. The van der Waals surface area contributed by atoms with E-state index in [9.17, 15) is 4.79 Å². The monoisotopic (exact) mass is 270 g/mol. The normalized spacial score (nSPS) is 11.0. The highest BCUT2D eigenvalue weighted by atomic mass is 32.2. The van der Waals surface area contributed by atoms with E-state index in [2.05, 4.69) is 4.98 Å². The number of benzene rings is 1. The first-order chi connectivity index (χ1) is 9.15. The number of fused-ring (bicyclic) bond motifs is 3. The predicted molar refractivity (Wildman–Crippen MR) is 75.6 cm³/mol. The van der Waals surface area contributed by atoms with E-state index >= 15 is 0 Å². The third-order valence-corrected chi connectivity index (χ3v) is 3.86. The van der Waals surface area contributed by atoms with Gasteiger partial charge in [0.1, 0.15) is 11.5 Å². The van der Waals surface area contributed by atoms with Gasteiger partial charge in [-0.25, -0.2) is 0 Å². The highest BCUT2D eigenvalue weighted by molar-refractivity contribution is 7.98. The van der Waals surface area contributed by atoms with E-state index in [0.717, 1.165) is 10.9 Å². The molecule has 1 N–H and O–H groups in total. The molecule has 94 valence electrons. The summed E-state index contributed by atoms with van der Waals surface area (Å²) < 4.78 is 5.59. The highest BCUT2D eigenvalue weighted by Gasteiger charge is 2.18. The minimum Gasteiger partial charge on any atom is -0.443 e. The van der Waals surface area contributed by atoms with E-state index in [1.165, 1.54) is 11.8 Å². The zero-order chi connectivity index (χ0) is 13.6. The second kappa shape index (κ2) is 4.18. The summed E-state index contributed by atoms with van der Waals surface area (Å²) in [5, 5.41) is 10.4. The van der Waals surface area contributed by atoms with Crippen molar-refractivity contribution in [2.24, 2.45) is 0 Å². The maximum Gasteiger partial charge on any atom is 0.260 e. The molecular formula is C14H10N2O2S. The first kappa shape index (κ1) is 11.9. The molecule has 5 heteroatoms. The van der Waals surface area contributed by atoms with Crippen molar-refractivity contribution >= 4 is 33.6 Å². The van der Waals surface area contributed by atoms with Crippen LogP contribution in [0, 0.1) is 18.3 Å². The van der Waals surface area contributed by atoms with Crippen LogP contribution in [0.25, 0.3) is 21.9 Å². The number of aryl methyl sites for hydroxylation is 1. The molecule has 4 nitrogen and oxygen atoms in total. The molecule has 19 heavy (non-hydrogen) atoms. The van der Waals surface area contributed by atoms with Gasteiger partial charge in [0.2, 0.25) is 5.76 Å². The van der Waals surface area contributed by atoms with Gasteiger partial charge in [0, 0.05) is 5.39 Å². The quantitative estimate of drug-likeness (QED) is 0.689. The van der Waals surface area contributed by atoms with Gasteiger partial charge in [-0.15, -0.1) is 11.8 Å². The van der Waals surface area contributed by atoms with Crippen molar-refractivity contribution in [3.8, 4) is 6.07 Å². The number of thioether (sulfide) groups is 1. The van der Waals surface area contributed by atoms with Gasteiger partial charge in [-0.1, -0.05) is 11.6 Å². The number of nitriles is 1. The number of hydrogen-bond acceptors (Lipinski definition) is 4. The van der Waals surface area contributed by atoms with E-state index in [4.69, 9.17) is 9.68 Å². The lowest BCUT2D eigenvalue weighted by Crippen LogP contribution is -2.05. The Balaban J connectivity index is 2.62. The maximum absolute atomic E-state index is 12.1. The van der Waals surface area contributed by atoms with Crippen LogP contribution in [-0.2, 0) is 0 Å². The molecule has 3 aromatic rings. The summed E-state index contributed by atoms with van der Waals surface area (Å²) in [6, 6.07) is 7.72. The van der Waals surface area contributed by atoms with Gasteiger partial charge in [-0.3, -0.25) is 4.79 Å². The van der Waals surface area contributed by atoms with Crippen LogP contribution in [0.4, 0.5) is 0 Å². The Bertz CT molecular complexity index is 900. The molecule has 2 heterocycles. The number of nitrogens with one attached hydrogen (secondary N) is 1. The second-order valence-corrected chi connectivity index (χ2v) is 5.10. The number of aromatic nitrogens is 1. The smallest absolute Gasteiger partial charge is 0.260 e. The fourth-order valence-corrected chi connectivity index (χ4v) is 2.88. The summed E-state index contributed by atoms with van der Waals surface area (Å²) in [5.74, 6) is 0.196. The van der Waals surface area contributed by atoms with Crippen molar-refractivity contribution in [2.45, 2.75) is 11.8 Å². The number of rotatable bonds is 1. The van der Waals surface area contributed by atoms with Crippen LogP contribution < -0.4 is 5.56 Å². The van der Waals surface area contributed by atoms with Crippen LogP contribution in [0.3, 0.4) is 0 Å². The molecule has 1 aromatic carbocycles. The summed E-state index contributed by atoms with van der Waals surface area (Å²) >= 11 is 1.35. The second-order valence-electron chi connectivity index (χ2n) is 4.28. The zero-order valence-electron chi connectivity index (χ0n) is 10.4. The summed E-state index contributed by atoms with van der Waals surface area (Å²) in [7, 11) is 0. The summed E-state index contributed by atoms with van der Waals surface area (Å²) in [6.45, 7) is 1.97. The van der Waals surface area contributed by atoms with Crippen molar-refractivity contribution in [3.05, 3.63) is 39.9 Å². The molecule has 3 rings (SSSR count). The Labute approximate surface area is 113 Å². The number of furan rings is 1. The number of hydrogen-bond donors (Lipinski definition) is 1. The SMILES string of the molecule is CSc1c(C#N)oc2c1c(=O)[nH]c1ccc(C)cc12. The highest BCUT2D eigenvalue weighted by Crippen LogP contribution is 2.33. The number of aromatic amines is 1. The number of H-pyrrole nitrogens is 1. The average Bonchev–Trinajstić information content (AvgIpc) is 2.79. The lowest BCUT2D eigenvalue weighted by atomic mass is 10.1. The van der Waals surface area contributed by atoms with Gasteiger partial charge in [0.05, 0.1) is 10.4 Å². The Hall–Kier alpha value is -2.19. The Morgan fingerprint density at radius 1 is 1.42 bits per heavy atom. The van der Waals surface area contributed by atoms with E-state index in [-0.39, 0.29) is 11.3 Å². The van der Waals surface area contributed by atoms with E-state index < -0.39 is 0 Å². The van der Waals surface area contributed by atoms with E-state index in [1.807, 2.05) is 37.4 Å². The minimum absolute atomic E-state index is 0.196. The third-order valence-electron chi connectivity index (χ3n) is 3.07. The molecule has 0 fully saturated rings. The van der Waals surface area contributed by atoms with Gasteiger partial charge in [-0.2, -0.15) is 5.26 Å². The molecule has 0 saturated carbocycles. The molecule has 0 radical (unpaired) electrons. The molecular weight excluding hydrogens is 260 g/mol. The molecule has 2 aromatic heterocycles. The topological polar surface area (TPSA) is 69.8 Å². The number of nitrogens with zero attached hydrogens (tertiary/aromatic N) is 1. The van der Waals surface area contributed by atoms with E-state index in [1.54, 1.807) is 0 Å². The fourth-order valence-electron chi connectivity index (χ4n) is 2.22. The van der Waals surface area contributed by atoms with Crippen molar-refractivity contribution in [1.29, 1.82) is 5.26 Å². The molecule has 0 aliphatic rings. The van der Waals surface area contributed by atoms with Crippen molar-refractivity contribution in [2.75, 3.05) is 6.26 Å². The summed E-state index contributed by atoms with van der Waals surface area (Å²) in [5.41, 5.74) is 2.06. The van der Waals surface area contributed by atoms with Crippen LogP contribution in [0.2, 0.25) is 0 Å². The lowest BCUT2D eigenvalue weighted by molar-refractivity contribution is 0.593. The third kappa shape index (κ3) is 1.65. The predicted octanol–water partition coefficient (Wildman–Crippen LogP) is 3.18. The van der Waals surface area contributed by atoms with Gasteiger partial charge in [0.25, 0.3) is 5.56 Å². The Kier molecular flexibility index (Phi) is 2.61. The van der Waals surface area contributed by atoms with Crippen molar-refractivity contribution in [3.63, 3.8) is 0 Å². The largest absolute Gasteiger partial charge is 0.443 e. The molecule has 0 spiro atoms. The summed E-state index contributed by atoms with van der Waals surface area (Å²) in [4.78, 5) is 15.6. The maximum atomic E-state index is 12.1. The van der Waals surface area contributed by atoms with Crippen LogP contribution in [0.15, 0.2) is 32.3 Å². The van der Waals surface area contributed by atoms with Gasteiger partial charge >= 0.3 is 0 Å². The first-order valence-electron chi connectivity index (χ1n) is 5.69. The van der Waals surface area contributed by atoms with Gasteiger partial charge in [0.15, 0.2) is 5.58 Å². The lowest BCUT2D eigenvalue weighted by Gasteiger charge is -2.00. The molecule has 0 aliphatic heterocycles. The zero-order valence-corrected chi connectivity index (χ0v) is 11.2. The standard InChI is InChI=1S/C14H10N2O2S/c1-7-3-4-9-8(5-7)12-11(14(17)16-9)13(19-2)10(6-15)18-12/h3-5H,1-2H3,(H,16,17). The Morgan fingerprint density at radius 2 is 2.21 bits per heavy atom. The molecule has 0 atom stereocenters. The molecule has 0 aliphatic carbocycles. The molecule has 0 bridgehead atoms. The van der Waals surface area contributed by atoms with Crippen LogP contribution in [0.5, 0.6) is 0 Å². The minimum atomic E-state index is -0.221. The van der Waals surface area contributed by atoms with E-state index in [0.29, 0.717) is 21.4 Å². The van der Waals surface area contributed by atoms with Crippen molar-refractivity contribution in [1.82, 2.24) is 4.98 Å². The Morgan fingerprint density at radius 3 is 2.89 bits per heavy atom. The van der Waals surface area contributed by atoms with Crippen LogP contribution in [-0.4, -0.2) is 11.2 Å². The van der Waals surface area contributed by atoms with Crippen molar-refractivity contribution < 1.29 is 4.42 Å². The average molecular weight is 270 g/mol. The number of pyridine rings is 1.